The van der Waals surface area contributed by atoms with Crippen LogP contribution < -0.4 is 32.2 Å². The number of aliphatic imine (C=N–C) groups is 1. The van der Waals surface area contributed by atoms with Crippen LogP contribution in [0.25, 0.3) is 0 Å². The maximum atomic E-state index is 12.6. The number of anilines is 4. The Labute approximate surface area is 223 Å². The standard InChI is InChI=1S/C26H23N9O4/c1-2-38-25(37)14-7-9-15(10-8-14)32-19(36)12-39-18-6-4-3-5-16(18)22-20-21(29)17(11-27)23(30)34-24(20)35-26(33-22)31-13-28/h3-10,22H,2,12H2,1H3,(H,32,36)(H6,29,30,31,33,34,35). The van der Waals surface area contributed by atoms with Crippen LogP contribution in [0.1, 0.15) is 40.0 Å². The van der Waals surface area contributed by atoms with Crippen LogP contribution in [0.5, 0.6) is 5.75 Å². The molecule has 0 saturated heterocycles. The molecule has 13 heteroatoms. The average Bonchev–Trinajstić information content (AvgIpc) is 2.92. The number of hydrogen-bond donors (Lipinski definition) is 5. The minimum atomic E-state index is -0.841. The lowest BCUT2D eigenvalue weighted by Gasteiger charge is -2.27. The summed E-state index contributed by atoms with van der Waals surface area (Å²) >= 11 is 0. The van der Waals surface area contributed by atoms with Crippen LogP contribution in [0.4, 0.5) is 23.0 Å². The summed E-state index contributed by atoms with van der Waals surface area (Å²) in [5, 5.41) is 26.6. The van der Waals surface area contributed by atoms with Gasteiger partial charge in [0.25, 0.3) is 5.91 Å². The molecule has 1 unspecified atom stereocenters. The number of benzene rings is 2. The summed E-state index contributed by atoms with van der Waals surface area (Å²) in [5.74, 6) is -0.348. The molecule has 0 fully saturated rings. The van der Waals surface area contributed by atoms with E-state index in [9.17, 15) is 14.9 Å². The lowest BCUT2D eigenvalue weighted by Crippen LogP contribution is -2.33. The van der Waals surface area contributed by atoms with Crippen LogP contribution >= 0.6 is 0 Å². The van der Waals surface area contributed by atoms with E-state index in [1.807, 2.05) is 6.07 Å². The van der Waals surface area contributed by atoms with Crippen molar-refractivity contribution in [3.63, 3.8) is 0 Å². The number of nitrogens with two attached hydrogens (primary N) is 2. The molecule has 0 spiro atoms. The highest BCUT2D eigenvalue weighted by atomic mass is 16.5. The van der Waals surface area contributed by atoms with Crippen molar-refractivity contribution in [2.24, 2.45) is 4.99 Å². The molecule has 2 heterocycles. The maximum absolute atomic E-state index is 12.6. The van der Waals surface area contributed by atoms with Gasteiger partial charge >= 0.3 is 5.97 Å². The fraction of sp³-hybridized carbons (Fsp3) is 0.154. The third-order valence-corrected chi connectivity index (χ3v) is 5.61. The van der Waals surface area contributed by atoms with E-state index in [2.05, 4.69) is 25.9 Å². The highest BCUT2D eigenvalue weighted by molar-refractivity contribution is 5.98. The van der Waals surface area contributed by atoms with Crippen LogP contribution in [-0.2, 0) is 9.53 Å². The van der Waals surface area contributed by atoms with E-state index in [0.29, 0.717) is 28.1 Å². The molecule has 13 nitrogen and oxygen atoms in total. The minimum Gasteiger partial charge on any atom is -0.483 e. The molecule has 3 aromatic rings. The van der Waals surface area contributed by atoms with Crippen molar-refractivity contribution in [3.8, 4) is 18.0 Å². The zero-order chi connectivity index (χ0) is 27.9. The molecule has 0 aliphatic carbocycles. The third-order valence-electron chi connectivity index (χ3n) is 5.61. The van der Waals surface area contributed by atoms with Gasteiger partial charge in [-0.25, -0.2) is 14.8 Å². The van der Waals surface area contributed by atoms with Gasteiger partial charge in [0, 0.05) is 16.8 Å². The molecule has 1 aromatic heterocycles. The number of carbonyl (C=O) groups is 2. The topological polar surface area (TPSA) is 214 Å². The number of nitrogen functional groups attached to an aromatic ring is 2. The fourth-order valence-electron chi connectivity index (χ4n) is 3.89. The van der Waals surface area contributed by atoms with Gasteiger partial charge in [-0.1, -0.05) is 18.2 Å². The van der Waals surface area contributed by atoms with Gasteiger partial charge in [0.1, 0.15) is 35.1 Å². The summed E-state index contributed by atoms with van der Waals surface area (Å²) in [7, 11) is 0. The summed E-state index contributed by atoms with van der Waals surface area (Å²) in [6.45, 7) is 1.63. The molecule has 1 amide bonds. The molecule has 0 saturated carbocycles. The number of guanidine groups is 1. The molecule has 0 bridgehead atoms. The number of nitrogens with one attached hydrogen (secondary N) is 3. The Morgan fingerprint density at radius 1 is 1.13 bits per heavy atom. The van der Waals surface area contributed by atoms with Gasteiger partial charge in [-0.3, -0.25) is 10.1 Å². The van der Waals surface area contributed by atoms with Crippen LogP contribution in [0.15, 0.2) is 53.5 Å². The van der Waals surface area contributed by atoms with Gasteiger partial charge in [-0.2, -0.15) is 10.5 Å². The van der Waals surface area contributed by atoms with E-state index in [0.717, 1.165) is 0 Å². The van der Waals surface area contributed by atoms with Crippen LogP contribution in [0.2, 0.25) is 0 Å². The first-order chi connectivity index (χ1) is 18.9. The molecule has 1 aliphatic heterocycles. The van der Waals surface area contributed by atoms with Gasteiger partial charge in [0.2, 0.25) is 5.96 Å². The molecule has 0 radical (unpaired) electrons. The summed E-state index contributed by atoms with van der Waals surface area (Å²) in [6.07, 6.45) is 1.79. The quantitative estimate of drug-likeness (QED) is 0.171. The largest absolute Gasteiger partial charge is 0.483 e. The van der Waals surface area contributed by atoms with Crippen LogP contribution in [0, 0.1) is 22.8 Å². The molecular weight excluding hydrogens is 502 g/mol. The lowest BCUT2D eigenvalue weighted by atomic mass is 9.94. The summed E-state index contributed by atoms with van der Waals surface area (Å²) in [5.41, 5.74) is 14.0. The molecule has 1 atom stereocenters. The fourth-order valence-corrected chi connectivity index (χ4v) is 3.89. The number of para-hydroxylation sites is 1. The first kappa shape index (κ1) is 26.2. The van der Waals surface area contributed by atoms with E-state index in [-0.39, 0.29) is 42.1 Å². The number of carbonyl (C=O) groups excluding carboxylic acids is 2. The van der Waals surface area contributed by atoms with E-state index in [1.165, 1.54) is 0 Å². The zero-order valence-electron chi connectivity index (χ0n) is 20.7. The number of fused-ring (bicyclic) bond motifs is 1. The highest BCUT2D eigenvalue weighted by Gasteiger charge is 2.31. The number of rotatable bonds is 7. The molecule has 4 rings (SSSR count). The van der Waals surface area contributed by atoms with Gasteiger partial charge in [-0.15, -0.1) is 0 Å². The van der Waals surface area contributed by atoms with Crippen molar-refractivity contribution in [1.82, 2.24) is 10.3 Å². The van der Waals surface area contributed by atoms with E-state index >= 15 is 0 Å². The van der Waals surface area contributed by atoms with Gasteiger partial charge in [0.15, 0.2) is 12.8 Å². The Hall–Kier alpha value is -5.82. The molecule has 2 aromatic carbocycles. The molecule has 7 N–H and O–H groups in total. The minimum absolute atomic E-state index is 0.000746. The average molecular weight is 526 g/mol. The number of nitriles is 2. The smallest absolute Gasteiger partial charge is 0.338 e. The number of amides is 1. The first-order valence-electron chi connectivity index (χ1n) is 11.6. The number of pyridine rings is 1. The van der Waals surface area contributed by atoms with Gasteiger partial charge < -0.3 is 31.6 Å². The molecular formula is C26H23N9O4. The lowest BCUT2D eigenvalue weighted by molar-refractivity contribution is -0.118. The van der Waals surface area contributed by atoms with Crippen molar-refractivity contribution in [1.29, 1.82) is 10.5 Å². The van der Waals surface area contributed by atoms with Crippen LogP contribution in [-0.4, -0.2) is 36.0 Å². The Bertz CT molecular complexity index is 1540. The molecule has 39 heavy (non-hydrogen) atoms. The number of aromatic nitrogens is 1. The zero-order valence-corrected chi connectivity index (χ0v) is 20.7. The summed E-state index contributed by atoms with van der Waals surface area (Å²) < 4.78 is 10.8. The van der Waals surface area contributed by atoms with E-state index in [1.54, 1.807) is 61.6 Å². The maximum Gasteiger partial charge on any atom is 0.338 e. The Morgan fingerprint density at radius 3 is 2.56 bits per heavy atom. The predicted molar refractivity (Wildman–Crippen MR) is 142 cm³/mol. The Balaban J connectivity index is 1.57. The second-order valence-corrected chi connectivity index (χ2v) is 8.07. The molecule has 1 aliphatic rings. The SMILES string of the molecule is CCOC(=O)c1ccc(NC(=O)COc2ccccc2C2N=C(NC#N)Nc3nc(N)c(C#N)c(N)c32)cc1. The number of hydrogen-bond acceptors (Lipinski definition) is 12. The summed E-state index contributed by atoms with van der Waals surface area (Å²) in [4.78, 5) is 33.2. The second-order valence-electron chi connectivity index (χ2n) is 8.07. The number of esters is 1. The Kier molecular flexibility index (Phi) is 7.73. The third kappa shape index (κ3) is 5.63. The molecule has 196 valence electrons. The predicted octanol–water partition coefficient (Wildman–Crippen LogP) is 2.25. The van der Waals surface area contributed by atoms with Crippen molar-refractivity contribution in [3.05, 3.63) is 70.8 Å². The number of nitrogens with zero attached hydrogens (tertiary/aromatic N) is 4. The Morgan fingerprint density at radius 2 is 1.87 bits per heavy atom. The van der Waals surface area contributed by atoms with Gasteiger partial charge in [-0.05, 0) is 37.3 Å². The normalized spacial score (nSPS) is 13.4. The van der Waals surface area contributed by atoms with Crippen molar-refractivity contribution in [2.45, 2.75) is 13.0 Å². The van der Waals surface area contributed by atoms with E-state index < -0.39 is 17.9 Å². The monoisotopic (exact) mass is 525 g/mol. The van der Waals surface area contributed by atoms with Crippen molar-refractivity contribution in [2.75, 3.05) is 35.3 Å². The highest BCUT2D eigenvalue weighted by Crippen LogP contribution is 2.43. The van der Waals surface area contributed by atoms with Crippen molar-refractivity contribution < 1.29 is 19.1 Å². The van der Waals surface area contributed by atoms with Crippen molar-refractivity contribution >= 4 is 40.8 Å². The summed E-state index contributed by atoms with van der Waals surface area (Å²) in [6, 6.07) is 14.2. The van der Waals surface area contributed by atoms with E-state index in [4.69, 9.17) is 26.2 Å². The van der Waals surface area contributed by atoms with Gasteiger partial charge in [0.05, 0.1) is 17.9 Å². The second kappa shape index (κ2) is 11.5. The first-order valence-corrected chi connectivity index (χ1v) is 11.6. The van der Waals surface area contributed by atoms with Crippen LogP contribution in [0.3, 0.4) is 0 Å². The number of ether oxygens (including phenoxy) is 2.